The number of hydrogen-bond donors (Lipinski definition) is 2. The maximum Gasteiger partial charge on any atom is 0.283 e. The van der Waals surface area contributed by atoms with Gasteiger partial charge in [-0.25, -0.2) is 8.78 Å². The van der Waals surface area contributed by atoms with Gasteiger partial charge in [0.1, 0.15) is 6.61 Å². The molecule has 5 nitrogen and oxygen atoms in total. The number of pyridine rings is 1. The minimum atomic E-state index is -3.17. The van der Waals surface area contributed by atoms with Gasteiger partial charge in [0.05, 0.1) is 30.0 Å². The Balaban J connectivity index is 1.88. The average molecular weight is 372 g/mol. The molecule has 3 heterocycles. The van der Waals surface area contributed by atoms with E-state index >= 15 is 0 Å². The van der Waals surface area contributed by atoms with E-state index in [0.717, 1.165) is 33.3 Å². The van der Waals surface area contributed by atoms with Crippen molar-refractivity contribution in [3.63, 3.8) is 0 Å². The summed E-state index contributed by atoms with van der Waals surface area (Å²) in [7, 11) is 0. The largest absolute Gasteiger partial charge is 0.390 e. The maximum absolute atomic E-state index is 14.1. The smallest absolute Gasteiger partial charge is 0.283 e. The number of rotatable bonds is 4. The van der Waals surface area contributed by atoms with Crippen LogP contribution in [0.3, 0.4) is 0 Å². The van der Waals surface area contributed by atoms with Crippen LogP contribution in [0.15, 0.2) is 36.7 Å². The van der Waals surface area contributed by atoms with Gasteiger partial charge in [-0.15, -0.1) is 0 Å². The first-order valence-corrected chi connectivity index (χ1v) is 9.01. The third-order valence-corrected chi connectivity index (χ3v) is 5.32. The number of nitrogens with one attached hydrogen (secondary N) is 1. The summed E-state index contributed by atoms with van der Waals surface area (Å²) in [5, 5.41) is 17.2. The van der Waals surface area contributed by atoms with Crippen molar-refractivity contribution in [3.8, 4) is 0 Å². The van der Waals surface area contributed by atoms with Gasteiger partial charge in [-0.05, 0) is 49.1 Å². The lowest BCUT2D eigenvalue weighted by Gasteiger charge is -2.43. The molecule has 0 saturated heterocycles. The zero-order valence-electron chi connectivity index (χ0n) is 15.3. The molecule has 27 heavy (non-hydrogen) atoms. The van der Waals surface area contributed by atoms with Gasteiger partial charge in [0.15, 0.2) is 0 Å². The molecule has 4 rings (SSSR count). The number of nitrogens with zero attached hydrogens (tertiary/aromatic N) is 3. The first-order chi connectivity index (χ1) is 12.9. The number of halogens is 2. The first-order valence-electron chi connectivity index (χ1n) is 9.01. The number of alkyl halides is 2. The lowest BCUT2D eigenvalue weighted by molar-refractivity contribution is -0.0864. The number of H-pyrrole nitrogens is 1. The highest BCUT2D eigenvalue weighted by Crippen LogP contribution is 2.40. The Labute approximate surface area is 156 Å². The molecule has 0 saturated carbocycles. The monoisotopic (exact) mass is 372 g/mol. The zero-order valence-corrected chi connectivity index (χ0v) is 15.3. The number of aromatic amines is 1. The van der Waals surface area contributed by atoms with Crippen LogP contribution in [-0.4, -0.2) is 50.3 Å². The van der Waals surface area contributed by atoms with Crippen LogP contribution in [0.5, 0.6) is 0 Å². The highest BCUT2D eigenvalue weighted by molar-refractivity contribution is 5.83. The molecule has 0 fully saturated rings. The Morgan fingerprint density at radius 1 is 1.26 bits per heavy atom. The summed E-state index contributed by atoms with van der Waals surface area (Å²) in [5.41, 5.74) is 4.76. The number of benzene rings is 1. The predicted octanol–water partition coefficient (Wildman–Crippen LogP) is 3.23. The summed E-state index contributed by atoms with van der Waals surface area (Å²) >= 11 is 0. The van der Waals surface area contributed by atoms with Crippen molar-refractivity contribution in [1.29, 1.82) is 0 Å². The van der Waals surface area contributed by atoms with E-state index in [0.29, 0.717) is 6.42 Å². The molecule has 2 aromatic heterocycles. The molecule has 1 unspecified atom stereocenters. The molecule has 0 bridgehead atoms. The molecule has 0 aliphatic carbocycles. The van der Waals surface area contributed by atoms with Crippen LogP contribution in [0, 0.1) is 6.92 Å². The number of aromatic nitrogens is 3. The molecule has 2 N–H and O–H groups in total. The summed E-state index contributed by atoms with van der Waals surface area (Å²) in [6.45, 7) is 2.20. The number of aliphatic hydroxyl groups excluding tert-OH is 1. The van der Waals surface area contributed by atoms with Gasteiger partial charge in [-0.2, -0.15) is 5.10 Å². The number of fused-ring (bicyclic) bond motifs is 3. The standard InChI is InChI=1S/C20H22F2N4O/c1-12-3-5-18(23-8-12)19-14-4-6-17-16(9-24-25-17)15(14)7-13(2)26(19)10-20(21,22)11-27/h3-6,8-9,13,19,27H,7,10-11H2,1-2H3,(H,24,25)/t13-,19?/m1/s1. The van der Waals surface area contributed by atoms with Gasteiger partial charge < -0.3 is 5.11 Å². The Hall–Kier alpha value is -2.38. The van der Waals surface area contributed by atoms with Crippen molar-refractivity contribution >= 4 is 10.9 Å². The van der Waals surface area contributed by atoms with Crippen molar-refractivity contribution in [3.05, 3.63) is 59.0 Å². The van der Waals surface area contributed by atoms with Crippen molar-refractivity contribution < 1.29 is 13.9 Å². The average Bonchev–Trinajstić information content (AvgIpc) is 3.12. The second kappa shape index (κ2) is 6.65. The van der Waals surface area contributed by atoms with Crippen LogP contribution in [0.4, 0.5) is 8.78 Å². The predicted molar refractivity (Wildman–Crippen MR) is 98.8 cm³/mol. The van der Waals surface area contributed by atoms with Gasteiger partial charge in [-0.1, -0.05) is 12.1 Å². The van der Waals surface area contributed by atoms with E-state index in [1.807, 2.05) is 38.1 Å². The minimum absolute atomic E-state index is 0.136. The van der Waals surface area contributed by atoms with Crippen LogP contribution < -0.4 is 0 Å². The van der Waals surface area contributed by atoms with Gasteiger partial charge in [0.25, 0.3) is 5.92 Å². The molecule has 0 radical (unpaired) electrons. The van der Waals surface area contributed by atoms with Crippen molar-refractivity contribution in [2.45, 2.75) is 38.3 Å². The number of aliphatic hydroxyl groups is 1. The second-order valence-corrected chi connectivity index (χ2v) is 7.37. The van der Waals surface area contributed by atoms with Gasteiger partial charge >= 0.3 is 0 Å². The molecule has 1 aliphatic rings. The van der Waals surface area contributed by atoms with E-state index in [9.17, 15) is 8.78 Å². The molecule has 142 valence electrons. The van der Waals surface area contributed by atoms with Crippen molar-refractivity contribution in [1.82, 2.24) is 20.1 Å². The molecular weight excluding hydrogens is 350 g/mol. The third-order valence-electron chi connectivity index (χ3n) is 5.32. The van der Waals surface area contributed by atoms with E-state index in [1.165, 1.54) is 0 Å². The molecule has 7 heteroatoms. The fraction of sp³-hybridized carbons (Fsp3) is 0.400. The third kappa shape index (κ3) is 3.21. The van der Waals surface area contributed by atoms with Crippen molar-refractivity contribution in [2.24, 2.45) is 0 Å². The Kier molecular flexibility index (Phi) is 4.44. The lowest BCUT2D eigenvalue weighted by atomic mass is 9.84. The fourth-order valence-corrected chi connectivity index (χ4v) is 3.96. The van der Waals surface area contributed by atoms with Crippen LogP contribution in [0.1, 0.15) is 35.3 Å². The molecule has 0 amide bonds. The van der Waals surface area contributed by atoms with Crippen LogP contribution >= 0.6 is 0 Å². The topological polar surface area (TPSA) is 65.0 Å². The maximum atomic E-state index is 14.1. The minimum Gasteiger partial charge on any atom is -0.390 e. The van der Waals surface area contributed by atoms with E-state index in [2.05, 4.69) is 15.2 Å². The second-order valence-electron chi connectivity index (χ2n) is 7.37. The molecule has 1 aromatic carbocycles. The summed E-state index contributed by atoms with van der Waals surface area (Å²) in [6.07, 6.45) is 4.18. The van der Waals surface area contributed by atoms with Crippen LogP contribution in [-0.2, 0) is 6.42 Å². The molecule has 0 spiro atoms. The Morgan fingerprint density at radius 3 is 2.78 bits per heavy atom. The molecule has 3 aromatic rings. The highest BCUT2D eigenvalue weighted by atomic mass is 19.3. The SMILES string of the molecule is Cc1ccc(C2c3ccc4[nH]ncc4c3C[C@@H](C)N2CC(F)(F)CO)nc1. The van der Waals surface area contributed by atoms with Gasteiger partial charge in [0, 0.05) is 17.6 Å². The Morgan fingerprint density at radius 2 is 2.07 bits per heavy atom. The number of hydrogen-bond acceptors (Lipinski definition) is 4. The number of aryl methyl sites for hydroxylation is 1. The molecular formula is C20H22F2N4O. The molecule has 1 aliphatic heterocycles. The summed E-state index contributed by atoms with van der Waals surface area (Å²) in [6, 6.07) is 7.20. The van der Waals surface area contributed by atoms with Gasteiger partial charge in [0.2, 0.25) is 0 Å². The molecule has 2 atom stereocenters. The fourth-order valence-electron chi connectivity index (χ4n) is 3.96. The first kappa shape index (κ1) is 18.0. The lowest BCUT2D eigenvalue weighted by Crippen LogP contribution is -2.49. The summed E-state index contributed by atoms with van der Waals surface area (Å²) in [4.78, 5) is 6.29. The quantitative estimate of drug-likeness (QED) is 0.738. The highest BCUT2D eigenvalue weighted by Gasteiger charge is 2.41. The van der Waals surface area contributed by atoms with E-state index in [4.69, 9.17) is 5.11 Å². The van der Waals surface area contributed by atoms with Crippen LogP contribution in [0.2, 0.25) is 0 Å². The van der Waals surface area contributed by atoms with E-state index in [-0.39, 0.29) is 6.04 Å². The normalized spacial score (nSPS) is 20.8. The van der Waals surface area contributed by atoms with E-state index in [1.54, 1.807) is 17.3 Å². The van der Waals surface area contributed by atoms with Gasteiger partial charge in [-0.3, -0.25) is 15.0 Å². The van der Waals surface area contributed by atoms with Crippen molar-refractivity contribution in [2.75, 3.05) is 13.2 Å². The zero-order chi connectivity index (χ0) is 19.2. The van der Waals surface area contributed by atoms with E-state index < -0.39 is 25.1 Å². The van der Waals surface area contributed by atoms with Crippen LogP contribution in [0.25, 0.3) is 10.9 Å². The Bertz CT molecular complexity index is 954. The summed E-state index contributed by atoms with van der Waals surface area (Å²) < 4.78 is 28.2. The summed E-state index contributed by atoms with van der Waals surface area (Å²) in [5.74, 6) is -3.17.